The van der Waals surface area contributed by atoms with E-state index in [0.717, 1.165) is 10.9 Å². The Bertz CT molecular complexity index is 1050. The van der Waals surface area contributed by atoms with Gasteiger partial charge in [0.05, 0.1) is 16.8 Å². The van der Waals surface area contributed by atoms with E-state index in [0.29, 0.717) is 16.8 Å². The van der Waals surface area contributed by atoms with Gasteiger partial charge in [-0.05, 0) is 18.2 Å². The molecule has 2 N–H and O–H groups in total. The second kappa shape index (κ2) is 6.42. The van der Waals surface area contributed by atoms with E-state index in [2.05, 4.69) is 20.7 Å². The topological polar surface area (TPSA) is 118 Å². The van der Waals surface area contributed by atoms with Crippen LogP contribution in [0.25, 0.3) is 22.0 Å². The molecule has 0 bridgehead atoms. The minimum Gasteiger partial charge on any atom is -0.277 e. The molecule has 0 spiro atoms. The van der Waals surface area contributed by atoms with Gasteiger partial charge in [0.2, 0.25) is 5.71 Å². The highest BCUT2D eigenvalue weighted by atomic mass is 16.1. The molecule has 1 heterocycles. The number of hydrazone groups is 1. The number of nitriles is 2. The van der Waals surface area contributed by atoms with Gasteiger partial charge in [-0.3, -0.25) is 10.2 Å². The normalized spacial score (nSPS) is 9.75. The highest BCUT2D eigenvalue weighted by molar-refractivity contribution is 6.10. The molecule has 7 nitrogen and oxygen atoms in total. The Morgan fingerprint density at radius 3 is 2.38 bits per heavy atom. The van der Waals surface area contributed by atoms with Crippen molar-refractivity contribution < 1.29 is 0 Å². The van der Waals surface area contributed by atoms with Crippen LogP contribution in [0.4, 0.5) is 5.69 Å². The third-order valence-electron chi connectivity index (χ3n) is 3.36. The molecule has 0 amide bonds. The van der Waals surface area contributed by atoms with Gasteiger partial charge in [0.15, 0.2) is 0 Å². The number of rotatable bonds is 3. The van der Waals surface area contributed by atoms with Gasteiger partial charge in [0, 0.05) is 10.9 Å². The highest BCUT2D eigenvalue weighted by Crippen LogP contribution is 2.25. The zero-order valence-corrected chi connectivity index (χ0v) is 12.3. The van der Waals surface area contributed by atoms with E-state index in [1.165, 1.54) is 0 Å². The molecule has 2 aromatic carbocycles. The molecule has 0 saturated heterocycles. The Balaban J connectivity index is 1.97. The average Bonchev–Trinajstić information content (AvgIpc) is 2.64. The lowest BCUT2D eigenvalue weighted by Crippen LogP contribution is -2.09. The number of aromatic amines is 1. The van der Waals surface area contributed by atoms with Crippen molar-refractivity contribution in [3.05, 3.63) is 58.9 Å². The molecule has 7 heteroatoms. The quantitative estimate of drug-likeness (QED) is 0.568. The summed E-state index contributed by atoms with van der Waals surface area (Å²) in [6, 6.07) is 17.7. The second-order valence-electron chi connectivity index (χ2n) is 4.82. The molecule has 1 aromatic heterocycles. The summed E-state index contributed by atoms with van der Waals surface area (Å²) in [5.41, 5.74) is 4.25. The number of fused-ring (bicyclic) bond motifs is 1. The predicted octanol–water partition coefficient (Wildman–Crippen LogP) is 2.41. The fraction of sp³-hybridized carbons (Fsp3) is 0. The monoisotopic (exact) mass is 314 g/mol. The molecule has 3 aromatic rings. The molecule has 24 heavy (non-hydrogen) atoms. The van der Waals surface area contributed by atoms with Crippen molar-refractivity contribution in [3.8, 4) is 23.4 Å². The van der Waals surface area contributed by atoms with E-state index in [9.17, 15) is 4.79 Å². The molecular formula is C17H10N6O. The lowest BCUT2D eigenvalue weighted by molar-refractivity contribution is 1.02. The third kappa shape index (κ3) is 2.82. The first kappa shape index (κ1) is 14.9. The number of benzene rings is 2. The van der Waals surface area contributed by atoms with E-state index < -0.39 is 0 Å². The molecule has 114 valence electrons. The van der Waals surface area contributed by atoms with Gasteiger partial charge in [0.25, 0.3) is 5.56 Å². The zero-order valence-electron chi connectivity index (χ0n) is 12.3. The minimum absolute atomic E-state index is 0.234. The maximum atomic E-state index is 11.8. The van der Waals surface area contributed by atoms with Crippen molar-refractivity contribution in [1.82, 2.24) is 10.2 Å². The number of aromatic nitrogens is 2. The van der Waals surface area contributed by atoms with Gasteiger partial charge in [-0.2, -0.15) is 20.7 Å². The van der Waals surface area contributed by atoms with Crippen LogP contribution in [0.5, 0.6) is 0 Å². The Morgan fingerprint density at radius 2 is 1.71 bits per heavy atom. The molecule has 0 unspecified atom stereocenters. The third-order valence-corrected chi connectivity index (χ3v) is 3.36. The number of H-pyrrole nitrogens is 1. The summed E-state index contributed by atoms with van der Waals surface area (Å²) in [7, 11) is 0. The van der Waals surface area contributed by atoms with Crippen LogP contribution in [0.2, 0.25) is 0 Å². The van der Waals surface area contributed by atoms with Gasteiger partial charge in [-0.15, -0.1) is 0 Å². The first-order chi connectivity index (χ1) is 11.7. The smallest absolute Gasteiger partial charge is 0.272 e. The van der Waals surface area contributed by atoms with Crippen LogP contribution < -0.4 is 11.0 Å². The van der Waals surface area contributed by atoms with Crippen molar-refractivity contribution in [3.63, 3.8) is 0 Å². The Kier molecular flexibility index (Phi) is 4.00. The zero-order chi connectivity index (χ0) is 16.9. The summed E-state index contributed by atoms with van der Waals surface area (Å²) >= 11 is 0. The second-order valence-corrected chi connectivity index (χ2v) is 4.82. The van der Waals surface area contributed by atoms with Crippen molar-refractivity contribution >= 4 is 22.2 Å². The van der Waals surface area contributed by atoms with Crippen molar-refractivity contribution in [2.45, 2.75) is 0 Å². The Labute approximate surface area is 136 Å². The Hall–Kier alpha value is -3.97. The number of nitrogens with one attached hydrogen (secondary N) is 2. The van der Waals surface area contributed by atoms with Crippen molar-refractivity contribution in [1.29, 1.82) is 10.5 Å². The lowest BCUT2D eigenvalue weighted by atomic mass is 10.0. The van der Waals surface area contributed by atoms with Crippen LogP contribution in [0, 0.1) is 22.7 Å². The van der Waals surface area contributed by atoms with Crippen molar-refractivity contribution in [2.75, 3.05) is 5.43 Å². The van der Waals surface area contributed by atoms with Gasteiger partial charge in [0.1, 0.15) is 12.1 Å². The fourth-order valence-corrected chi connectivity index (χ4v) is 2.23. The number of hydrogen-bond donors (Lipinski definition) is 2. The van der Waals surface area contributed by atoms with Crippen LogP contribution in [0.1, 0.15) is 0 Å². The average molecular weight is 314 g/mol. The minimum atomic E-state index is -0.257. The number of anilines is 1. The summed E-state index contributed by atoms with van der Waals surface area (Å²) in [5.74, 6) is 0. The molecule has 0 aliphatic rings. The molecule has 0 fully saturated rings. The van der Waals surface area contributed by atoms with Crippen LogP contribution in [0.3, 0.4) is 0 Å². The number of hydrogen-bond acceptors (Lipinski definition) is 6. The highest BCUT2D eigenvalue weighted by Gasteiger charge is 2.08. The van der Waals surface area contributed by atoms with Gasteiger partial charge in [-0.1, -0.05) is 30.3 Å². The summed E-state index contributed by atoms with van der Waals surface area (Å²) in [6.45, 7) is 0. The fourth-order valence-electron chi connectivity index (χ4n) is 2.23. The summed E-state index contributed by atoms with van der Waals surface area (Å²) < 4.78 is 0. The van der Waals surface area contributed by atoms with Crippen LogP contribution >= 0.6 is 0 Å². The maximum absolute atomic E-state index is 11.8. The molecule has 0 aliphatic carbocycles. The van der Waals surface area contributed by atoms with E-state index in [4.69, 9.17) is 10.5 Å². The summed E-state index contributed by atoms with van der Waals surface area (Å²) in [5, 5.41) is 28.9. The van der Waals surface area contributed by atoms with Gasteiger partial charge < -0.3 is 0 Å². The number of nitrogens with zero attached hydrogens (tertiary/aromatic N) is 4. The molecular weight excluding hydrogens is 304 g/mol. The molecule has 0 saturated carbocycles. The molecule has 0 aliphatic heterocycles. The van der Waals surface area contributed by atoms with Crippen LogP contribution in [-0.4, -0.2) is 15.9 Å². The summed E-state index contributed by atoms with van der Waals surface area (Å²) in [6.07, 6.45) is 0. The molecule has 0 atom stereocenters. The van der Waals surface area contributed by atoms with Crippen molar-refractivity contribution in [2.24, 2.45) is 5.10 Å². The molecule has 3 rings (SSSR count). The Morgan fingerprint density at radius 1 is 1.04 bits per heavy atom. The van der Waals surface area contributed by atoms with Gasteiger partial charge >= 0.3 is 0 Å². The van der Waals surface area contributed by atoms with E-state index in [1.807, 2.05) is 24.3 Å². The molecule has 0 radical (unpaired) electrons. The largest absolute Gasteiger partial charge is 0.277 e. The summed E-state index contributed by atoms with van der Waals surface area (Å²) in [4.78, 5) is 11.8. The van der Waals surface area contributed by atoms with Gasteiger partial charge in [-0.25, -0.2) is 5.10 Å². The van der Waals surface area contributed by atoms with Crippen LogP contribution in [0.15, 0.2) is 58.4 Å². The maximum Gasteiger partial charge on any atom is 0.272 e. The first-order valence-electron chi connectivity index (χ1n) is 6.94. The standard InChI is InChI=1S/C17H10N6O/c18-9-13(10-19)21-20-12-7-5-11(6-8-12)16-14-3-1-2-4-15(14)17(24)23-22-16/h1-8,20H,(H,23,24). The van der Waals surface area contributed by atoms with E-state index in [-0.39, 0.29) is 11.3 Å². The van der Waals surface area contributed by atoms with Crippen LogP contribution in [-0.2, 0) is 0 Å². The predicted molar refractivity (Wildman–Crippen MR) is 90.1 cm³/mol. The first-order valence-corrected chi connectivity index (χ1v) is 6.94. The van der Waals surface area contributed by atoms with E-state index in [1.54, 1.807) is 36.4 Å². The SMILES string of the molecule is N#CC(C#N)=NNc1ccc(-c2n[nH]c(=O)c3ccccc23)cc1. The van der Waals surface area contributed by atoms with E-state index >= 15 is 0 Å². The lowest BCUT2D eigenvalue weighted by Gasteiger charge is -2.06.